The molecule has 0 radical (unpaired) electrons. The van der Waals surface area contributed by atoms with Gasteiger partial charge in [-0.15, -0.1) is 0 Å². The van der Waals surface area contributed by atoms with Crippen LogP contribution >= 0.6 is 0 Å². The van der Waals surface area contributed by atoms with Crippen LogP contribution in [0.2, 0.25) is 0 Å². The number of carbonyl (C=O) groups excluding carboxylic acids is 1. The maximum absolute atomic E-state index is 12.5. The van der Waals surface area contributed by atoms with Crippen molar-refractivity contribution in [1.29, 1.82) is 0 Å². The van der Waals surface area contributed by atoms with Gasteiger partial charge in [-0.25, -0.2) is 0 Å². The summed E-state index contributed by atoms with van der Waals surface area (Å²) in [6, 6.07) is 11.7. The Bertz CT molecular complexity index is 644. The Kier molecular flexibility index (Phi) is 5.27. The van der Waals surface area contributed by atoms with Gasteiger partial charge in [-0.3, -0.25) is 4.79 Å². The smallest absolute Gasteiger partial charge is 0.223 e. The number of aryl methyl sites for hydroxylation is 1. The first kappa shape index (κ1) is 16.7. The minimum absolute atomic E-state index is 0.0422. The molecule has 0 saturated carbocycles. The van der Waals surface area contributed by atoms with Crippen LogP contribution in [0.15, 0.2) is 47.1 Å². The highest BCUT2D eigenvalue weighted by Crippen LogP contribution is 2.23. The molecular formula is C18H22N2O4. The molecule has 3 rings (SSSR count). The van der Waals surface area contributed by atoms with Gasteiger partial charge in [0.2, 0.25) is 5.91 Å². The number of aromatic nitrogens is 1. The summed E-state index contributed by atoms with van der Waals surface area (Å²) in [6.45, 7) is 1.26. The summed E-state index contributed by atoms with van der Waals surface area (Å²) >= 11 is 0. The van der Waals surface area contributed by atoms with Crippen molar-refractivity contribution in [3.8, 4) is 0 Å². The molecule has 1 aromatic carbocycles. The summed E-state index contributed by atoms with van der Waals surface area (Å²) < 4.78 is 10.9. The average molecular weight is 330 g/mol. The molecule has 128 valence electrons. The second-order valence-electron chi connectivity index (χ2n) is 6.15. The molecule has 0 bridgehead atoms. The fourth-order valence-electron chi connectivity index (χ4n) is 3.04. The number of carbonyl (C=O) groups is 1. The number of aliphatic hydroxyl groups is 1. The molecule has 0 unspecified atom stereocenters. The summed E-state index contributed by atoms with van der Waals surface area (Å²) in [7, 11) is 0. The number of nitrogens with zero attached hydrogens (tertiary/aromatic N) is 2. The molecule has 0 aliphatic carbocycles. The van der Waals surface area contributed by atoms with Gasteiger partial charge in [0.1, 0.15) is 11.4 Å². The van der Waals surface area contributed by atoms with E-state index >= 15 is 0 Å². The quantitative estimate of drug-likeness (QED) is 0.867. The molecule has 1 N–H and O–H groups in total. The van der Waals surface area contributed by atoms with Crippen molar-refractivity contribution < 1.29 is 19.2 Å². The van der Waals surface area contributed by atoms with Gasteiger partial charge >= 0.3 is 0 Å². The zero-order valence-corrected chi connectivity index (χ0v) is 13.6. The highest BCUT2D eigenvalue weighted by Gasteiger charge is 2.38. The summed E-state index contributed by atoms with van der Waals surface area (Å²) in [5.74, 6) is 0.745. The summed E-state index contributed by atoms with van der Waals surface area (Å²) in [4.78, 5) is 14.3. The molecule has 24 heavy (non-hydrogen) atoms. The standard InChI is InChI=1S/C18H22N2O4/c21-14-18(12-15-4-2-1-3-5-15)13-20(10-11-23-18)17(22)7-6-16-8-9-19-24-16/h1-5,8-9,21H,6-7,10-14H2/t18-/m1/s1. The third-order valence-electron chi connectivity index (χ3n) is 4.33. The molecule has 6 heteroatoms. The van der Waals surface area contributed by atoms with E-state index in [2.05, 4.69) is 5.16 Å². The van der Waals surface area contributed by atoms with E-state index < -0.39 is 5.60 Å². The van der Waals surface area contributed by atoms with Crippen molar-refractivity contribution >= 4 is 5.91 Å². The molecule has 1 saturated heterocycles. The van der Waals surface area contributed by atoms with Crippen molar-refractivity contribution in [2.75, 3.05) is 26.3 Å². The van der Waals surface area contributed by atoms with Crippen LogP contribution in [0.4, 0.5) is 0 Å². The molecule has 1 atom stereocenters. The first-order valence-electron chi connectivity index (χ1n) is 8.17. The number of ether oxygens (including phenoxy) is 1. The minimum atomic E-state index is -0.735. The lowest BCUT2D eigenvalue weighted by molar-refractivity contribution is -0.158. The van der Waals surface area contributed by atoms with E-state index in [9.17, 15) is 9.90 Å². The van der Waals surface area contributed by atoms with Crippen LogP contribution in [0, 0.1) is 0 Å². The van der Waals surface area contributed by atoms with Gasteiger partial charge in [0.05, 0.1) is 26.0 Å². The first-order valence-corrected chi connectivity index (χ1v) is 8.17. The third-order valence-corrected chi connectivity index (χ3v) is 4.33. The summed E-state index contributed by atoms with van der Waals surface area (Å²) in [5, 5.41) is 13.5. The van der Waals surface area contributed by atoms with Gasteiger partial charge in [0.15, 0.2) is 0 Å². The van der Waals surface area contributed by atoms with Gasteiger partial charge in [0.25, 0.3) is 0 Å². The fourth-order valence-corrected chi connectivity index (χ4v) is 3.04. The monoisotopic (exact) mass is 330 g/mol. The largest absolute Gasteiger partial charge is 0.393 e. The second-order valence-corrected chi connectivity index (χ2v) is 6.15. The maximum Gasteiger partial charge on any atom is 0.223 e. The predicted molar refractivity (Wildman–Crippen MR) is 87.3 cm³/mol. The van der Waals surface area contributed by atoms with Gasteiger partial charge in [-0.1, -0.05) is 35.5 Å². The molecule has 1 aliphatic rings. The molecule has 2 heterocycles. The molecule has 6 nitrogen and oxygen atoms in total. The summed E-state index contributed by atoms with van der Waals surface area (Å²) in [5.41, 5.74) is 0.351. The van der Waals surface area contributed by atoms with Crippen molar-refractivity contribution in [2.45, 2.75) is 24.9 Å². The lowest BCUT2D eigenvalue weighted by atomic mass is 9.93. The maximum atomic E-state index is 12.5. The summed E-state index contributed by atoms with van der Waals surface area (Å²) in [6.07, 6.45) is 3.05. The minimum Gasteiger partial charge on any atom is -0.393 e. The molecule has 1 amide bonds. The highest BCUT2D eigenvalue weighted by molar-refractivity contribution is 5.76. The lowest BCUT2D eigenvalue weighted by Crippen LogP contribution is -2.56. The number of benzene rings is 1. The van der Waals surface area contributed by atoms with Gasteiger partial charge in [-0.05, 0) is 5.56 Å². The van der Waals surface area contributed by atoms with E-state index in [4.69, 9.17) is 9.26 Å². The van der Waals surface area contributed by atoms with E-state index in [0.29, 0.717) is 44.7 Å². The van der Waals surface area contributed by atoms with Crippen LogP contribution in [0.5, 0.6) is 0 Å². The predicted octanol–water partition coefficient (Wildman–Crippen LogP) is 1.44. The Labute approximate surface area is 141 Å². The van der Waals surface area contributed by atoms with Crippen molar-refractivity contribution in [2.24, 2.45) is 0 Å². The van der Waals surface area contributed by atoms with E-state index in [-0.39, 0.29) is 12.5 Å². The van der Waals surface area contributed by atoms with Crippen LogP contribution < -0.4 is 0 Å². The SMILES string of the molecule is O=C(CCc1ccno1)N1CCO[C@](CO)(Cc2ccccc2)C1. The van der Waals surface area contributed by atoms with Crippen LogP contribution in [0.3, 0.4) is 0 Å². The number of morpholine rings is 1. The Morgan fingerprint density at radius 3 is 2.83 bits per heavy atom. The third kappa shape index (κ3) is 4.01. The Morgan fingerprint density at radius 1 is 1.29 bits per heavy atom. The Balaban J connectivity index is 1.62. The van der Waals surface area contributed by atoms with Crippen LogP contribution in [0.25, 0.3) is 0 Å². The zero-order valence-electron chi connectivity index (χ0n) is 13.6. The molecule has 1 aliphatic heterocycles. The van der Waals surface area contributed by atoms with E-state index in [1.165, 1.54) is 0 Å². The second kappa shape index (κ2) is 7.59. The molecule has 0 spiro atoms. The number of amides is 1. The van der Waals surface area contributed by atoms with Crippen LogP contribution in [-0.4, -0.2) is 53.0 Å². The molecule has 1 aromatic heterocycles. The van der Waals surface area contributed by atoms with Crippen molar-refractivity contribution in [1.82, 2.24) is 10.1 Å². The molecule has 1 fully saturated rings. The van der Waals surface area contributed by atoms with Crippen LogP contribution in [0.1, 0.15) is 17.7 Å². The average Bonchev–Trinajstić information content (AvgIpc) is 3.14. The first-order chi connectivity index (χ1) is 11.7. The van der Waals surface area contributed by atoms with E-state index in [0.717, 1.165) is 5.56 Å². The Morgan fingerprint density at radius 2 is 2.12 bits per heavy atom. The normalized spacial score (nSPS) is 21.0. The lowest BCUT2D eigenvalue weighted by Gasteiger charge is -2.42. The molecular weight excluding hydrogens is 308 g/mol. The number of hydrogen-bond acceptors (Lipinski definition) is 5. The van der Waals surface area contributed by atoms with Gasteiger partial charge < -0.3 is 19.3 Å². The van der Waals surface area contributed by atoms with Gasteiger partial charge in [0, 0.05) is 31.9 Å². The van der Waals surface area contributed by atoms with Gasteiger partial charge in [-0.2, -0.15) is 0 Å². The number of hydrogen-bond donors (Lipinski definition) is 1. The van der Waals surface area contributed by atoms with Crippen molar-refractivity contribution in [3.05, 3.63) is 53.9 Å². The van der Waals surface area contributed by atoms with E-state index in [1.807, 2.05) is 30.3 Å². The Hall–Kier alpha value is -2.18. The fraction of sp³-hybridized carbons (Fsp3) is 0.444. The zero-order chi connectivity index (χ0) is 16.8. The highest BCUT2D eigenvalue weighted by atomic mass is 16.5. The number of aliphatic hydroxyl groups excluding tert-OH is 1. The topological polar surface area (TPSA) is 75.8 Å². The number of rotatable bonds is 6. The van der Waals surface area contributed by atoms with Crippen molar-refractivity contribution in [3.63, 3.8) is 0 Å². The molecule has 2 aromatic rings. The van der Waals surface area contributed by atoms with E-state index in [1.54, 1.807) is 17.2 Å². The van der Waals surface area contributed by atoms with Crippen LogP contribution in [-0.2, 0) is 22.4 Å².